The molecule has 1 aliphatic carbocycles. The lowest BCUT2D eigenvalue weighted by Crippen LogP contribution is -2.27. The maximum atomic E-state index is 4.83. The van der Waals surface area contributed by atoms with Gasteiger partial charge in [-0.05, 0) is 22.3 Å². The fourth-order valence-electron chi connectivity index (χ4n) is 1.95. The van der Waals surface area contributed by atoms with Gasteiger partial charge >= 0.3 is 0 Å². The Balaban J connectivity index is 1.98. The number of benzene rings is 1. The highest BCUT2D eigenvalue weighted by Crippen LogP contribution is 2.31. The van der Waals surface area contributed by atoms with Crippen molar-refractivity contribution in [2.24, 2.45) is 10.4 Å². The Bertz CT molecular complexity index is 506. The number of allylic oxidation sites excluding steroid dienone is 4. The highest BCUT2D eigenvalue weighted by molar-refractivity contribution is 8.03. The highest BCUT2D eigenvalue weighted by Gasteiger charge is 2.24. The first-order valence-electron chi connectivity index (χ1n) is 7.12. The summed E-state index contributed by atoms with van der Waals surface area (Å²) in [5.41, 5.74) is 1.36. The van der Waals surface area contributed by atoms with Crippen LogP contribution in [0.2, 0.25) is 0 Å². The second-order valence-corrected chi connectivity index (χ2v) is 7.29. The molecule has 2 heteroatoms. The zero-order valence-corrected chi connectivity index (χ0v) is 13.4. The minimum atomic E-state index is 0.185. The van der Waals surface area contributed by atoms with Crippen molar-refractivity contribution in [1.82, 2.24) is 0 Å². The first kappa shape index (κ1) is 15.1. The maximum absolute atomic E-state index is 4.83. The second kappa shape index (κ2) is 6.94. The van der Waals surface area contributed by atoms with Gasteiger partial charge in [-0.2, -0.15) is 0 Å². The molecule has 0 radical (unpaired) electrons. The predicted molar refractivity (Wildman–Crippen MR) is 91.6 cm³/mol. The van der Waals surface area contributed by atoms with Gasteiger partial charge in [-0.25, -0.2) is 0 Å². The Hall–Kier alpha value is -1.28. The summed E-state index contributed by atoms with van der Waals surface area (Å²) in [4.78, 5) is 6.29. The van der Waals surface area contributed by atoms with Crippen LogP contribution in [0.5, 0.6) is 0 Å². The van der Waals surface area contributed by atoms with E-state index in [-0.39, 0.29) is 5.41 Å². The van der Waals surface area contributed by atoms with Crippen molar-refractivity contribution in [2.75, 3.05) is 5.75 Å². The molecule has 1 aromatic rings. The molecule has 0 amide bonds. The summed E-state index contributed by atoms with van der Waals surface area (Å²) in [5.74, 6) is 1.04. The zero-order chi connectivity index (χ0) is 14.4. The van der Waals surface area contributed by atoms with Crippen LogP contribution in [0.4, 0.5) is 0 Å². The Kier molecular flexibility index (Phi) is 5.24. The quantitative estimate of drug-likeness (QED) is 0.686. The minimum Gasteiger partial charge on any atom is -0.288 e. The monoisotopic (exact) mass is 285 g/mol. The van der Waals surface area contributed by atoms with E-state index in [0.29, 0.717) is 6.04 Å². The van der Waals surface area contributed by atoms with Crippen molar-refractivity contribution in [3.8, 4) is 0 Å². The van der Waals surface area contributed by atoms with Crippen molar-refractivity contribution in [3.63, 3.8) is 0 Å². The largest absolute Gasteiger partial charge is 0.288 e. The highest BCUT2D eigenvalue weighted by atomic mass is 32.2. The average Bonchev–Trinajstić information content (AvgIpc) is 2.91. The van der Waals surface area contributed by atoms with E-state index in [1.165, 1.54) is 10.5 Å². The molecule has 0 N–H and O–H groups in total. The van der Waals surface area contributed by atoms with Crippen molar-refractivity contribution >= 4 is 18.0 Å². The standard InChI is InChI=1S/C18H23NS/c1-18(2,3)17(14-20-16-11-7-8-12-16)19-13-15-9-5-4-6-10-15/h4-11,13,17H,12,14H2,1-3H3/t17-/m1/s1. The van der Waals surface area contributed by atoms with Crippen LogP contribution in [0, 0.1) is 5.41 Å². The summed E-state index contributed by atoms with van der Waals surface area (Å²) in [6, 6.07) is 10.7. The summed E-state index contributed by atoms with van der Waals surface area (Å²) in [7, 11) is 0. The Morgan fingerprint density at radius 1 is 1.25 bits per heavy atom. The number of thioether (sulfide) groups is 1. The summed E-state index contributed by atoms with van der Waals surface area (Å²) < 4.78 is 0. The van der Waals surface area contributed by atoms with Crippen molar-refractivity contribution < 1.29 is 0 Å². The summed E-state index contributed by atoms with van der Waals surface area (Å²) in [5, 5.41) is 0. The van der Waals surface area contributed by atoms with Crippen LogP contribution < -0.4 is 0 Å². The molecule has 0 saturated carbocycles. The van der Waals surface area contributed by atoms with E-state index in [4.69, 9.17) is 4.99 Å². The van der Waals surface area contributed by atoms with Crippen LogP contribution in [0.25, 0.3) is 0 Å². The first-order chi connectivity index (χ1) is 9.55. The third-order valence-corrected chi connectivity index (χ3v) is 4.52. The van der Waals surface area contributed by atoms with Crippen LogP contribution in [0.1, 0.15) is 32.8 Å². The second-order valence-electron chi connectivity index (χ2n) is 6.15. The van der Waals surface area contributed by atoms with Crippen LogP contribution in [-0.4, -0.2) is 18.0 Å². The molecule has 0 aliphatic heterocycles. The number of nitrogens with zero attached hydrogens (tertiary/aromatic N) is 1. The number of hydrogen-bond donors (Lipinski definition) is 0. The number of rotatable bonds is 5. The van der Waals surface area contributed by atoms with Crippen molar-refractivity contribution in [1.29, 1.82) is 0 Å². The number of aliphatic imine (C=N–C) groups is 1. The lowest BCUT2D eigenvalue weighted by molar-refractivity contribution is 0.347. The van der Waals surface area contributed by atoms with Crippen molar-refractivity contribution in [2.45, 2.75) is 33.2 Å². The summed E-state index contributed by atoms with van der Waals surface area (Å²) >= 11 is 1.94. The van der Waals surface area contributed by atoms with Gasteiger partial charge in [-0.15, -0.1) is 11.8 Å². The smallest absolute Gasteiger partial charge is 0.0641 e. The van der Waals surface area contributed by atoms with Crippen LogP contribution in [0.3, 0.4) is 0 Å². The van der Waals surface area contributed by atoms with Gasteiger partial charge in [-0.3, -0.25) is 4.99 Å². The van der Waals surface area contributed by atoms with E-state index < -0.39 is 0 Å². The molecule has 0 heterocycles. The Morgan fingerprint density at radius 2 is 2.00 bits per heavy atom. The SMILES string of the molecule is CC(C)(C)[C@@H](CSC1=CC=CC1)N=Cc1ccccc1. The van der Waals surface area contributed by atoms with Gasteiger partial charge in [-0.1, -0.05) is 69.3 Å². The molecule has 20 heavy (non-hydrogen) atoms. The Labute approximate surface area is 126 Å². The van der Waals surface area contributed by atoms with Gasteiger partial charge in [0.1, 0.15) is 0 Å². The normalized spacial score (nSPS) is 16.6. The fourth-order valence-corrected chi connectivity index (χ4v) is 3.30. The molecule has 0 unspecified atom stereocenters. The van der Waals surface area contributed by atoms with Crippen LogP contribution in [0.15, 0.2) is 58.5 Å². The van der Waals surface area contributed by atoms with Crippen molar-refractivity contribution in [3.05, 3.63) is 59.0 Å². The molecule has 0 fully saturated rings. The molecule has 0 spiro atoms. The van der Waals surface area contributed by atoms with E-state index in [9.17, 15) is 0 Å². The van der Waals surface area contributed by atoms with E-state index >= 15 is 0 Å². The van der Waals surface area contributed by atoms with E-state index in [2.05, 4.69) is 63.3 Å². The summed E-state index contributed by atoms with van der Waals surface area (Å²) in [6.45, 7) is 6.80. The van der Waals surface area contributed by atoms with Gasteiger partial charge in [0.05, 0.1) is 6.04 Å². The fraction of sp³-hybridized carbons (Fsp3) is 0.389. The molecular weight excluding hydrogens is 262 g/mol. The summed E-state index contributed by atoms with van der Waals surface area (Å²) in [6.07, 6.45) is 9.66. The molecule has 0 bridgehead atoms. The van der Waals surface area contributed by atoms with Gasteiger partial charge in [0, 0.05) is 12.0 Å². The third-order valence-electron chi connectivity index (χ3n) is 3.37. The average molecular weight is 285 g/mol. The van der Waals surface area contributed by atoms with Crippen LogP contribution in [-0.2, 0) is 0 Å². The lowest BCUT2D eigenvalue weighted by Gasteiger charge is -2.27. The van der Waals surface area contributed by atoms with E-state index in [1.807, 2.05) is 24.0 Å². The number of hydrogen-bond acceptors (Lipinski definition) is 2. The lowest BCUT2D eigenvalue weighted by atomic mass is 9.88. The van der Waals surface area contributed by atoms with Crippen LogP contribution >= 0.6 is 11.8 Å². The minimum absolute atomic E-state index is 0.185. The molecule has 1 atom stereocenters. The molecule has 1 aliphatic rings. The molecule has 1 aromatic carbocycles. The molecular formula is C18H23NS. The maximum Gasteiger partial charge on any atom is 0.0641 e. The van der Waals surface area contributed by atoms with Gasteiger partial charge < -0.3 is 0 Å². The zero-order valence-electron chi connectivity index (χ0n) is 12.5. The van der Waals surface area contributed by atoms with E-state index in [0.717, 1.165) is 12.2 Å². The first-order valence-corrected chi connectivity index (χ1v) is 8.11. The molecule has 1 nitrogen and oxygen atoms in total. The van der Waals surface area contributed by atoms with Gasteiger partial charge in [0.25, 0.3) is 0 Å². The van der Waals surface area contributed by atoms with Gasteiger partial charge in [0.2, 0.25) is 0 Å². The van der Waals surface area contributed by atoms with E-state index in [1.54, 1.807) is 0 Å². The Morgan fingerprint density at radius 3 is 2.60 bits per heavy atom. The molecule has 106 valence electrons. The van der Waals surface area contributed by atoms with Gasteiger partial charge in [0.15, 0.2) is 0 Å². The molecule has 2 rings (SSSR count). The topological polar surface area (TPSA) is 12.4 Å². The predicted octanol–water partition coefficient (Wildman–Crippen LogP) is 5.10. The molecule has 0 saturated heterocycles. The third kappa shape index (κ3) is 4.68. The molecule has 0 aromatic heterocycles.